The third kappa shape index (κ3) is 3.08. The van der Waals surface area contributed by atoms with E-state index in [9.17, 15) is 5.26 Å². The summed E-state index contributed by atoms with van der Waals surface area (Å²) < 4.78 is 2.14. The van der Waals surface area contributed by atoms with E-state index in [2.05, 4.69) is 22.4 Å². The number of para-hydroxylation sites is 1. The van der Waals surface area contributed by atoms with Crippen LogP contribution in [0.3, 0.4) is 0 Å². The van der Waals surface area contributed by atoms with Crippen molar-refractivity contribution in [2.45, 2.75) is 15.8 Å². The molecule has 0 bridgehead atoms. The molecular formula is C16H13N3S2. The van der Waals surface area contributed by atoms with Gasteiger partial charge in [0.15, 0.2) is 4.34 Å². The van der Waals surface area contributed by atoms with Crippen molar-refractivity contribution in [1.82, 2.24) is 10.3 Å². The van der Waals surface area contributed by atoms with Crippen LogP contribution in [-0.4, -0.2) is 12.0 Å². The molecule has 3 nitrogen and oxygen atoms in total. The Morgan fingerprint density at radius 1 is 1.29 bits per heavy atom. The molecule has 1 heterocycles. The number of fused-ring (bicyclic) bond motifs is 1. The lowest BCUT2D eigenvalue weighted by Gasteiger charge is -2.04. The predicted octanol–water partition coefficient (Wildman–Crippen LogP) is 4.04. The summed E-state index contributed by atoms with van der Waals surface area (Å²) in [6.45, 7) is 0.765. The Hall–Kier alpha value is -1.87. The van der Waals surface area contributed by atoms with E-state index in [1.165, 1.54) is 4.70 Å². The summed E-state index contributed by atoms with van der Waals surface area (Å²) in [6.07, 6.45) is 0. The second kappa shape index (κ2) is 6.27. The highest BCUT2D eigenvalue weighted by Crippen LogP contribution is 2.35. The Kier molecular flexibility index (Phi) is 4.20. The molecule has 0 saturated carbocycles. The van der Waals surface area contributed by atoms with E-state index >= 15 is 0 Å². The standard InChI is InChI=1S/C16H13N3S2/c1-18-10-11-6-7-14(12(8-11)9-17)20-16-19-13-4-2-3-5-15(13)21-16/h2-8,18H,10H2,1H3. The van der Waals surface area contributed by atoms with Gasteiger partial charge in [-0.2, -0.15) is 5.26 Å². The SMILES string of the molecule is CNCc1ccc(Sc2nc3ccccc3s2)c(C#N)c1. The lowest BCUT2D eigenvalue weighted by Crippen LogP contribution is -2.05. The van der Waals surface area contributed by atoms with Gasteiger partial charge in [-0.05, 0) is 36.9 Å². The van der Waals surface area contributed by atoms with Gasteiger partial charge in [0.2, 0.25) is 0 Å². The molecular weight excluding hydrogens is 298 g/mol. The molecule has 0 radical (unpaired) electrons. The van der Waals surface area contributed by atoms with Crippen LogP contribution in [0.4, 0.5) is 0 Å². The van der Waals surface area contributed by atoms with Crippen molar-refractivity contribution in [3.63, 3.8) is 0 Å². The van der Waals surface area contributed by atoms with Crippen LogP contribution in [0.15, 0.2) is 51.7 Å². The minimum Gasteiger partial charge on any atom is -0.316 e. The fraction of sp³-hybridized carbons (Fsp3) is 0.125. The monoisotopic (exact) mass is 311 g/mol. The Bertz CT molecular complexity index is 785. The van der Waals surface area contributed by atoms with Crippen LogP contribution in [-0.2, 0) is 6.54 Å². The van der Waals surface area contributed by atoms with E-state index in [1.807, 2.05) is 43.4 Å². The molecule has 21 heavy (non-hydrogen) atoms. The highest BCUT2D eigenvalue weighted by molar-refractivity contribution is 8.01. The first-order valence-electron chi connectivity index (χ1n) is 6.51. The molecule has 0 saturated heterocycles. The first-order chi connectivity index (χ1) is 10.3. The number of rotatable bonds is 4. The van der Waals surface area contributed by atoms with Gasteiger partial charge in [0, 0.05) is 11.4 Å². The Balaban J connectivity index is 1.92. The van der Waals surface area contributed by atoms with Crippen molar-refractivity contribution in [3.8, 4) is 6.07 Å². The molecule has 1 aromatic heterocycles. The maximum atomic E-state index is 9.33. The topological polar surface area (TPSA) is 48.7 Å². The van der Waals surface area contributed by atoms with Gasteiger partial charge in [-0.1, -0.05) is 30.0 Å². The Morgan fingerprint density at radius 2 is 2.14 bits per heavy atom. The highest BCUT2D eigenvalue weighted by Gasteiger charge is 2.09. The summed E-state index contributed by atoms with van der Waals surface area (Å²) in [5.41, 5.74) is 2.82. The van der Waals surface area contributed by atoms with Gasteiger partial charge in [-0.15, -0.1) is 11.3 Å². The van der Waals surface area contributed by atoms with Crippen LogP contribution < -0.4 is 5.32 Å². The van der Waals surface area contributed by atoms with Gasteiger partial charge in [0.05, 0.1) is 15.8 Å². The summed E-state index contributed by atoms with van der Waals surface area (Å²) >= 11 is 3.21. The second-order valence-corrected chi connectivity index (χ2v) is 6.84. The van der Waals surface area contributed by atoms with E-state index in [1.54, 1.807) is 23.1 Å². The maximum absolute atomic E-state index is 9.33. The normalized spacial score (nSPS) is 10.7. The van der Waals surface area contributed by atoms with Gasteiger partial charge in [-0.25, -0.2) is 4.98 Å². The quantitative estimate of drug-likeness (QED) is 0.790. The fourth-order valence-corrected chi connectivity index (χ4v) is 4.14. The summed E-state index contributed by atoms with van der Waals surface area (Å²) in [4.78, 5) is 5.56. The first-order valence-corrected chi connectivity index (χ1v) is 8.14. The predicted molar refractivity (Wildman–Crippen MR) is 87.7 cm³/mol. The number of nitriles is 1. The van der Waals surface area contributed by atoms with Crippen molar-refractivity contribution in [2.75, 3.05) is 7.05 Å². The highest BCUT2D eigenvalue weighted by atomic mass is 32.2. The van der Waals surface area contributed by atoms with Gasteiger partial charge in [0.1, 0.15) is 6.07 Å². The van der Waals surface area contributed by atoms with Gasteiger partial charge in [0.25, 0.3) is 0 Å². The van der Waals surface area contributed by atoms with E-state index in [-0.39, 0.29) is 0 Å². The second-order valence-electron chi connectivity index (χ2n) is 4.52. The zero-order chi connectivity index (χ0) is 14.7. The molecule has 3 rings (SSSR count). The zero-order valence-corrected chi connectivity index (χ0v) is 13.1. The minimum absolute atomic E-state index is 0.701. The van der Waals surface area contributed by atoms with Crippen LogP contribution >= 0.6 is 23.1 Å². The van der Waals surface area contributed by atoms with Gasteiger partial charge >= 0.3 is 0 Å². The summed E-state index contributed by atoms with van der Waals surface area (Å²) in [6, 6.07) is 16.3. The number of nitrogens with zero attached hydrogens (tertiary/aromatic N) is 2. The van der Waals surface area contributed by atoms with Gasteiger partial charge < -0.3 is 5.32 Å². The third-order valence-electron chi connectivity index (χ3n) is 3.02. The van der Waals surface area contributed by atoms with Crippen molar-refractivity contribution in [3.05, 3.63) is 53.6 Å². The Morgan fingerprint density at radius 3 is 2.90 bits per heavy atom. The number of thiazole rings is 1. The first kappa shape index (κ1) is 14.1. The molecule has 0 atom stereocenters. The number of hydrogen-bond donors (Lipinski definition) is 1. The van der Waals surface area contributed by atoms with Crippen LogP contribution in [0.25, 0.3) is 10.2 Å². The van der Waals surface area contributed by atoms with E-state index in [0.29, 0.717) is 5.56 Å². The number of nitrogens with one attached hydrogen (secondary N) is 1. The molecule has 1 N–H and O–H groups in total. The molecule has 0 spiro atoms. The largest absolute Gasteiger partial charge is 0.316 e. The molecule has 2 aromatic carbocycles. The van der Waals surface area contributed by atoms with Crippen molar-refractivity contribution in [1.29, 1.82) is 5.26 Å². The summed E-state index contributed by atoms with van der Waals surface area (Å²) in [7, 11) is 1.90. The lowest BCUT2D eigenvalue weighted by atomic mass is 10.1. The van der Waals surface area contributed by atoms with Gasteiger partial charge in [-0.3, -0.25) is 0 Å². The third-order valence-corrected chi connectivity index (χ3v) is 5.19. The molecule has 3 aromatic rings. The lowest BCUT2D eigenvalue weighted by molar-refractivity contribution is 0.816. The number of aromatic nitrogens is 1. The smallest absolute Gasteiger partial charge is 0.155 e. The average molecular weight is 311 g/mol. The number of hydrogen-bond acceptors (Lipinski definition) is 5. The van der Waals surface area contributed by atoms with Crippen molar-refractivity contribution >= 4 is 33.3 Å². The zero-order valence-electron chi connectivity index (χ0n) is 11.5. The van der Waals surface area contributed by atoms with Crippen molar-refractivity contribution < 1.29 is 0 Å². The molecule has 0 aliphatic rings. The van der Waals surface area contributed by atoms with E-state index in [0.717, 1.165) is 26.9 Å². The molecule has 104 valence electrons. The van der Waals surface area contributed by atoms with Crippen LogP contribution in [0, 0.1) is 11.3 Å². The van der Waals surface area contributed by atoms with Crippen LogP contribution in [0.1, 0.15) is 11.1 Å². The Labute approximate surface area is 131 Å². The minimum atomic E-state index is 0.701. The molecule has 5 heteroatoms. The van der Waals surface area contributed by atoms with E-state index < -0.39 is 0 Å². The average Bonchev–Trinajstić information content (AvgIpc) is 2.91. The number of benzene rings is 2. The molecule has 0 unspecified atom stereocenters. The summed E-state index contributed by atoms with van der Waals surface area (Å²) in [5.74, 6) is 0. The molecule has 0 aliphatic heterocycles. The molecule has 0 aliphatic carbocycles. The van der Waals surface area contributed by atoms with E-state index in [4.69, 9.17) is 0 Å². The van der Waals surface area contributed by atoms with Crippen LogP contribution in [0.5, 0.6) is 0 Å². The fourth-order valence-electron chi connectivity index (χ4n) is 2.06. The van der Waals surface area contributed by atoms with Crippen molar-refractivity contribution in [2.24, 2.45) is 0 Å². The van der Waals surface area contributed by atoms with Crippen LogP contribution in [0.2, 0.25) is 0 Å². The molecule has 0 amide bonds. The maximum Gasteiger partial charge on any atom is 0.155 e. The molecule has 0 fully saturated rings. The summed E-state index contributed by atoms with van der Waals surface area (Å²) in [5, 5.41) is 12.4.